The number of imidazole rings is 1. The van der Waals surface area contributed by atoms with E-state index in [2.05, 4.69) is 20.3 Å². The molecule has 10 heteroatoms. The van der Waals surface area contributed by atoms with Crippen molar-refractivity contribution in [3.05, 3.63) is 88.2 Å². The summed E-state index contributed by atoms with van der Waals surface area (Å²) >= 11 is 0. The number of nitrogens with one attached hydrogen (secondary N) is 2. The summed E-state index contributed by atoms with van der Waals surface area (Å²) in [6, 6.07) is 13.4. The van der Waals surface area contributed by atoms with Crippen LogP contribution in [0.4, 0.5) is 5.69 Å². The van der Waals surface area contributed by atoms with Gasteiger partial charge in [-0.15, -0.1) is 0 Å². The van der Waals surface area contributed by atoms with Crippen LogP contribution in [0.15, 0.2) is 67.0 Å². The zero-order valence-corrected chi connectivity index (χ0v) is 16.7. The third kappa shape index (κ3) is 5.01. The monoisotopic (exact) mass is 446 g/mol. The van der Waals surface area contributed by atoms with Crippen molar-refractivity contribution in [3.63, 3.8) is 0 Å². The maximum Gasteiger partial charge on any atom is 0.269 e. The number of hydrogen-bond donors (Lipinski definition) is 3. The fourth-order valence-corrected chi connectivity index (χ4v) is 3.31. The van der Waals surface area contributed by atoms with Crippen LogP contribution in [-0.2, 0) is 11.2 Å². The number of non-ortho nitro benzene ring substituents is 1. The number of nitrogens with two attached hydrogens (primary N) is 1. The second-order valence-electron chi connectivity index (χ2n) is 7.08. The van der Waals surface area contributed by atoms with E-state index in [0.717, 1.165) is 5.56 Å². The lowest BCUT2D eigenvalue weighted by molar-refractivity contribution is -0.384. The highest BCUT2D eigenvalue weighted by Crippen LogP contribution is 2.22. The number of nitrogens with zero attached hydrogens (tertiary/aromatic N) is 3. The molecule has 2 aromatic carbocycles. The maximum atomic E-state index is 13.0. The molecule has 0 aliphatic carbocycles. The largest absolute Gasteiger partial charge is 0.368 e. The molecule has 0 radical (unpaired) electrons. The number of aromatic amines is 1. The van der Waals surface area contributed by atoms with Crippen molar-refractivity contribution in [2.45, 2.75) is 19.9 Å². The molecule has 0 aliphatic rings. The van der Waals surface area contributed by atoms with Gasteiger partial charge in [0.1, 0.15) is 17.4 Å². The topological polar surface area (TPSA) is 157 Å². The lowest BCUT2D eigenvalue weighted by Gasteiger charge is -2.16. The van der Waals surface area contributed by atoms with Gasteiger partial charge < -0.3 is 16.0 Å². The number of benzene rings is 2. The number of H-pyrrole nitrogens is 1. The quantitative estimate of drug-likeness (QED) is 0.292. The van der Waals surface area contributed by atoms with Crippen molar-refractivity contribution in [1.29, 1.82) is 0 Å². The molecule has 0 fully saturated rings. The van der Waals surface area contributed by atoms with Crippen molar-refractivity contribution in [2.24, 2.45) is 5.73 Å². The molecule has 0 aliphatic heterocycles. The minimum absolute atomic E-state index is 0. The average Bonchev–Trinajstić information content (AvgIpc) is 3.24. The number of pyridine rings is 1. The van der Waals surface area contributed by atoms with Crippen LogP contribution in [0, 0.1) is 10.1 Å². The second-order valence-corrected chi connectivity index (χ2v) is 7.08. The summed E-state index contributed by atoms with van der Waals surface area (Å²) in [5, 5.41) is 13.5. The average molecular weight is 446 g/mol. The Labute approximate surface area is 189 Å². The van der Waals surface area contributed by atoms with E-state index < -0.39 is 22.8 Å². The van der Waals surface area contributed by atoms with Gasteiger partial charge in [0.05, 0.1) is 16.0 Å². The number of carbonyl (C=O) groups is 2. The van der Waals surface area contributed by atoms with Crippen LogP contribution in [0.3, 0.4) is 0 Å². The van der Waals surface area contributed by atoms with E-state index in [4.69, 9.17) is 5.73 Å². The van der Waals surface area contributed by atoms with Gasteiger partial charge in [-0.3, -0.25) is 24.7 Å². The fraction of sp³-hybridized carbons (Fsp3) is 0.130. The maximum absolute atomic E-state index is 13.0. The molecule has 0 saturated heterocycles. The molecule has 0 saturated carbocycles. The number of carbonyl (C=O) groups excluding carboxylic acids is 2. The Morgan fingerprint density at radius 2 is 1.79 bits per heavy atom. The molecule has 0 spiro atoms. The lowest BCUT2D eigenvalue weighted by Crippen LogP contribution is -2.45. The van der Waals surface area contributed by atoms with Crippen LogP contribution in [0.25, 0.3) is 22.4 Å². The number of primary amides is 1. The van der Waals surface area contributed by atoms with Gasteiger partial charge >= 0.3 is 0 Å². The Hall–Kier alpha value is -4.60. The molecule has 1 atom stereocenters. The van der Waals surface area contributed by atoms with E-state index in [1.54, 1.807) is 42.7 Å². The summed E-state index contributed by atoms with van der Waals surface area (Å²) in [5.41, 5.74) is 8.27. The third-order valence-electron chi connectivity index (χ3n) is 4.95. The van der Waals surface area contributed by atoms with Crippen LogP contribution in [0.5, 0.6) is 0 Å². The van der Waals surface area contributed by atoms with Crippen molar-refractivity contribution in [1.82, 2.24) is 20.3 Å². The summed E-state index contributed by atoms with van der Waals surface area (Å²) in [6.07, 6.45) is 3.38. The van der Waals surface area contributed by atoms with Gasteiger partial charge in [0.25, 0.3) is 11.6 Å². The van der Waals surface area contributed by atoms with Crippen LogP contribution in [-0.4, -0.2) is 37.7 Å². The number of amides is 2. The summed E-state index contributed by atoms with van der Waals surface area (Å²) in [5.74, 6) is -0.641. The van der Waals surface area contributed by atoms with E-state index in [0.29, 0.717) is 22.4 Å². The first kappa shape index (κ1) is 23.1. The predicted molar refractivity (Wildman–Crippen MR) is 123 cm³/mol. The van der Waals surface area contributed by atoms with Gasteiger partial charge in [0.15, 0.2) is 0 Å². The third-order valence-corrected chi connectivity index (χ3v) is 4.95. The van der Waals surface area contributed by atoms with Crippen LogP contribution in [0.2, 0.25) is 0 Å². The van der Waals surface area contributed by atoms with Crippen molar-refractivity contribution in [2.75, 3.05) is 0 Å². The Morgan fingerprint density at radius 1 is 1.09 bits per heavy atom. The molecular weight excluding hydrogens is 424 g/mol. The number of para-hydroxylation sites is 1. The Morgan fingerprint density at radius 3 is 2.42 bits per heavy atom. The number of hydrogen-bond acceptors (Lipinski definition) is 6. The van der Waals surface area contributed by atoms with Gasteiger partial charge in [0, 0.05) is 36.5 Å². The van der Waals surface area contributed by atoms with Gasteiger partial charge in [-0.25, -0.2) is 4.98 Å². The molecule has 2 amide bonds. The number of nitro groups is 1. The molecule has 4 rings (SSSR count). The van der Waals surface area contributed by atoms with Crippen LogP contribution < -0.4 is 11.1 Å². The first-order valence-electron chi connectivity index (χ1n) is 9.65. The Bertz CT molecular complexity index is 1300. The fourth-order valence-electron chi connectivity index (χ4n) is 3.31. The molecule has 0 unspecified atom stereocenters. The SMILES string of the molecule is C.NC(=O)[C@H](Cc1ccc([N+](=O)[O-])cc1)NC(=O)c1cccc2[nH]c(-c3ccncc3)nc12. The van der Waals surface area contributed by atoms with Gasteiger partial charge in [-0.1, -0.05) is 25.6 Å². The molecule has 10 nitrogen and oxygen atoms in total. The van der Waals surface area contributed by atoms with E-state index in [1.807, 2.05) is 0 Å². The first-order chi connectivity index (χ1) is 15.4. The molecule has 2 heterocycles. The van der Waals surface area contributed by atoms with E-state index in [1.165, 1.54) is 24.3 Å². The highest BCUT2D eigenvalue weighted by molar-refractivity contribution is 6.06. The second kappa shape index (κ2) is 9.69. The summed E-state index contributed by atoms with van der Waals surface area (Å²) in [7, 11) is 0. The summed E-state index contributed by atoms with van der Waals surface area (Å²) in [4.78, 5) is 46.9. The summed E-state index contributed by atoms with van der Waals surface area (Å²) in [6.45, 7) is 0. The Balaban J connectivity index is 0.00000306. The summed E-state index contributed by atoms with van der Waals surface area (Å²) < 4.78 is 0. The molecule has 0 bridgehead atoms. The Kier molecular flexibility index (Phi) is 6.77. The van der Waals surface area contributed by atoms with Gasteiger partial charge in [0.2, 0.25) is 5.91 Å². The number of nitro benzene ring substituents is 1. The van der Waals surface area contributed by atoms with Gasteiger partial charge in [-0.2, -0.15) is 0 Å². The molecule has 33 heavy (non-hydrogen) atoms. The molecule has 168 valence electrons. The van der Waals surface area contributed by atoms with Crippen molar-refractivity contribution >= 4 is 28.5 Å². The smallest absolute Gasteiger partial charge is 0.269 e. The standard InChI is InChI=1S/C22H18N6O4.CH4/c23-20(29)18(12-13-4-6-15(7-5-13)28(31)32)26-22(30)16-2-1-3-17-19(16)27-21(25-17)14-8-10-24-11-9-14;/h1-11,18H,12H2,(H2,23,29)(H,25,27)(H,26,30);1H4/t18-;/m0./s1. The van der Waals surface area contributed by atoms with Crippen LogP contribution >= 0.6 is 0 Å². The number of fused-ring (bicyclic) bond motifs is 1. The highest BCUT2D eigenvalue weighted by Gasteiger charge is 2.22. The minimum Gasteiger partial charge on any atom is -0.368 e. The van der Waals surface area contributed by atoms with E-state index in [-0.39, 0.29) is 25.1 Å². The van der Waals surface area contributed by atoms with Crippen molar-refractivity contribution < 1.29 is 14.5 Å². The van der Waals surface area contributed by atoms with Crippen LogP contribution in [0.1, 0.15) is 23.3 Å². The predicted octanol–water partition coefficient (Wildman–Crippen LogP) is 3.00. The zero-order valence-electron chi connectivity index (χ0n) is 16.7. The van der Waals surface area contributed by atoms with E-state index >= 15 is 0 Å². The minimum atomic E-state index is -1.00. The van der Waals surface area contributed by atoms with E-state index in [9.17, 15) is 19.7 Å². The number of aromatic nitrogens is 3. The number of rotatable bonds is 7. The van der Waals surface area contributed by atoms with Crippen molar-refractivity contribution in [3.8, 4) is 11.4 Å². The normalized spacial score (nSPS) is 11.4. The molecular formula is C23H22N6O4. The molecule has 2 aromatic heterocycles. The molecule has 4 aromatic rings. The first-order valence-corrected chi connectivity index (χ1v) is 9.65. The lowest BCUT2D eigenvalue weighted by atomic mass is 10.0. The zero-order chi connectivity index (χ0) is 22.7. The van der Waals surface area contributed by atoms with Gasteiger partial charge in [-0.05, 0) is 29.8 Å². The highest BCUT2D eigenvalue weighted by atomic mass is 16.6. The molecule has 4 N–H and O–H groups in total.